The molecule has 0 radical (unpaired) electrons. The minimum atomic E-state index is -3.79. The predicted octanol–water partition coefficient (Wildman–Crippen LogP) is 2.44. The van der Waals surface area contributed by atoms with Crippen LogP contribution < -0.4 is 4.72 Å². The monoisotopic (exact) mass is 413 g/mol. The van der Waals surface area contributed by atoms with Gasteiger partial charge in [-0.05, 0) is 48.0 Å². The number of halogens is 2. The molecule has 0 aliphatic heterocycles. The van der Waals surface area contributed by atoms with E-state index in [1.54, 1.807) is 19.1 Å². The second kappa shape index (κ2) is 6.83. The van der Waals surface area contributed by atoms with Crippen molar-refractivity contribution in [2.24, 2.45) is 0 Å². The molecule has 0 saturated heterocycles. The molecule has 5 nitrogen and oxygen atoms in total. The highest BCUT2D eigenvalue weighted by atomic mass is 79.9. The Hall–Kier alpha value is -0.440. The summed E-state index contributed by atoms with van der Waals surface area (Å²) in [5, 5.41) is 0. The zero-order valence-corrected chi connectivity index (χ0v) is 14.3. The topological polar surface area (TPSA) is 72.5 Å². The van der Waals surface area contributed by atoms with E-state index in [0.717, 1.165) is 4.47 Å². The van der Waals surface area contributed by atoms with Gasteiger partial charge < -0.3 is 4.74 Å². The molecule has 0 fully saturated rings. The van der Waals surface area contributed by atoms with Crippen molar-refractivity contribution in [2.45, 2.75) is 24.8 Å². The summed E-state index contributed by atoms with van der Waals surface area (Å²) in [4.78, 5) is 11.5. The predicted molar refractivity (Wildman–Crippen MR) is 78.3 cm³/mol. The SMILES string of the molecule is CCOC(=O)C(C)NS(=O)(=O)c1ccc(Br)cc1Br. The van der Waals surface area contributed by atoms with E-state index in [9.17, 15) is 13.2 Å². The van der Waals surface area contributed by atoms with E-state index < -0.39 is 22.0 Å². The number of carbonyl (C=O) groups excluding carboxylic acids is 1. The van der Waals surface area contributed by atoms with Gasteiger partial charge in [0.15, 0.2) is 0 Å². The van der Waals surface area contributed by atoms with Crippen LogP contribution in [0, 0.1) is 0 Å². The first-order valence-corrected chi connectivity index (χ1v) is 8.49. The van der Waals surface area contributed by atoms with Gasteiger partial charge in [-0.2, -0.15) is 4.72 Å². The van der Waals surface area contributed by atoms with E-state index in [2.05, 4.69) is 36.6 Å². The Labute approximate surface area is 129 Å². The summed E-state index contributed by atoms with van der Waals surface area (Å²) in [6.45, 7) is 3.29. The lowest BCUT2D eigenvalue weighted by molar-refractivity contribution is -0.144. The Kier molecular flexibility index (Phi) is 5.97. The van der Waals surface area contributed by atoms with Crippen LogP contribution in [-0.2, 0) is 19.6 Å². The Morgan fingerprint density at radius 1 is 1.42 bits per heavy atom. The van der Waals surface area contributed by atoms with Gasteiger partial charge in [-0.1, -0.05) is 15.9 Å². The summed E-state index contributed by atoms with van der Waals surface area (Å²) >= 11 is 6.41. The largest absolute Gasteiger partial charge is 0.465 e. The number of ether oxygens (including phenoxy) is 1. The molecule has 0 spiro atoms. The molecule has 0 bridgehead atoms. The summed E-state index contributed by atoms with van der Waals surface area (Å²) in [6, 6.07) is 3.72. The molecule has 8 heteroatoms. The molecule has 1 atom stereocenters. The Balaban J connectivity index is 2.95. The normalized spacial score (nSPS) is 13.1. The van der Waals surface area contributed by atoms with Crippen LogP contribution in [-0.4, -0.2) is 27.0 Å². The maximum absolute atomic E-state index is 12.1. The highest BCUT2D eigenvalue weighted by Gasteiger charge is 2.24. The zero-order chi connectivity index (χ0) is 14.6. The fraction of sp³-hybridized carbons (Fsp3) is 0.364. The van der Waals surface area contributed by atoms with E-state index in [1.165, 1.54) is 13.0 Å². The third kappa shape index (κ3) is 4.55. The molecular weight excluding hydrogens is 402 g/mol. The molecule has 0 amide bonds. The number of rotatable bonds is 5. The smallest absolute Gasteiger partial charge is 0.323 e. The highest BCUT2D eigenvalue weighted by molar-refractivity contribution is 9.11. The van der Waals surface area contributed by atoms with E-state index in [1.807, 2.05) is 0 Å². The fourth-order valence-electron chi connectivity index (χ4n) is 1.30. The summed E-state index contributed by atoms with van der Waals surface area (Å²) < 4.78 is 32.4. The van der Waals surface area contributed by atoms with Crippen molar-refractivity contribution in [2.75, 3.05) is 6.61 Å². The van der Waals surface area contributed by atoms with Crippen LogP contribution in [0.25, 0.3) is 0 Å². The average Bonchev–Trinajstić information content (AvgIpc) is 2.27. The summed E-state index contributed by atoms with van der Waals surface area (Å²) in [6.07, 6.45) is 0. The summed E-state index contributed by atoms with van der Waals surface area (Å²) in [7, 11) is -3.79. The van der Waals surface area contributed by atoms with Crippen LogP contribution in [0.5, 0.6) is 0 Å². The lowest BCUT2D eigenvalue weighted by atomic mass is 10.4. The molecule has 0 aliphatic carbocycles. The van der Waals surface area contributed by atoms with Gasteiger partial charge in [0.05, 0.1) is 11.5 Å². The van der Waals surface area contributed by atoms with Crippen molar-refractivity contribution in [3.63, 3.8) is 0 Å². The molecule has 1 aromatic rings. The number of esters is 1. The molecule has 19 heavy (non-hydrogen) atoms. The first-order valence-electron chi connectivity index (χ1n) is 5.42. The Morgan fingerprint density at radius 3 is 2.58 bits per heavy atom. The quantitative estimate of drug-likeness (QED) is 0.751. The molecule has 0 saturated carbocycles. The number of sulfonamides is 1. The molecule has 1 rings (SSSR count). The molecule has 106 valence electrons. The van der Waals surface area contributed by atoms with Crippen LogP contribution in [0.1, 0.15) is 13.8 Å². The maximum atomic E-state index is 12.1. The Bertz CT molecular complexity index is 574. The van der Waals surface area contributed by atoms with Gasteiger partial charge in [-0.25, -0.2) is 8.42 Å². The van der Waals surface area contributed by atoms with Gasteiger partial charge >= 0.3 is 5.97 Å². The molecule has 0 heterocycles. The van der Waals surface area contributed by atoms with E-state index in [4.69, 9.17) is 4.74 Å². The highest BCUT2D eigenvalue weighted by Crippen LogP contribution is 2.25. The first kappa shape index (κ1) is 16.6. The Morgan fingerprint density at radius 2 is 2.05 bits per heavy atom. The van der Waals surface area contributed by atoms with Gasteiger partial charge in [0.2, 0.25) is 10.0 Å². The fourth-order valence-corrected chi connectivity index (χ4v) is 4.24. The lowest BCUT2D eigenvalue weighted by Crippen LogP contribution is -2.39. The summed E-state index contributed by atoms with van der Waals surface area (Å²) in [5.41, 5.74) is 0. The van der Waals surface area contributed by atoms with Crippen LogP contribution in [0.2, 0.25) is 0 Å². The molecule has 1 unspecified atom stereocenters. The van der Waals surface area contributed by atoms with Gasteiger partial charge in [0.1, 0.15) is 6.04 Å². The van der Waals surface area contributed by atoms with Crippen molar-refractivity contribution in [3.8, 4) is 0 Å². The maximum Gasteiger partial charge on any atom is 0.323 e. The van der Waals surface area contributed by atoms with Crippen LogP contribution in [0.4, 0.5) is 0 Å². The van der Waals surface area contributed by atoms with Gasteiger partial charge in [-0.3, -0.25) is 4.79 Å². The van der Waals surface area contributed by atoms with Gasteiger partial charge in [0.25, 0.3) is 0 Å². The molecular formula is C11H13Br2NO4S. The number of hydrogen-bond acceptors (Lipinski definition) is 4. The second-order valence-electron chi connectivity index (χ2n) is 3.67. The van der Waals surface area contributed by atoms with Crippen molar-refractivity contribution in [1.82, 2.24) is 4.72 Å². The lowest BCUT2D eigenvalue weighted by Gasteiger charge is -2.14. The van der Waals surface area contributed by atoms with Crippen molar-refractivity contribution in [3.05, 3.63) is 27.1 Å². The van der Waals surface area contributed by atoms with Gasteiger partial charge in [-0.15, -0.1) is 0 Å². The van der Waals surface area contributed by atoms with Gasteiger partial charge in [0, 0.05) is 8.95 Å². The van der Waals surface area contributed by atoms with E-state index >= 15 is 0 Å². The van der Waals surface area contributed by atoms with Crippen molar-refractivity contribution in [1.29, 1.82) is 0 Å². The number of nitrogens with one attached hydrogen (secondary N) is 1. The first-order chi connectivity index (χ1) is 8.77. The minimum absolute atomic E-state index is 0.0619. The van der Waals surface area contributed by atoms with Crippen LogP contribution in [0.3, 0.4) is 0 Å². The van der Waals surface area contributed by atoms with E-state index in [-0.39, 0.29) is 11.5 Å². The van der Waals surface area contributed by atoms with Crippen LogP contribution in [0.15, 0.2) is 32.0 Å². The molecule has 0 aliphatic rings. The zero-order valence-electron chi connectivity index (χ0n) is 10.3. The number of carbonyl (C=O) groups is 1. The third-order valence-electron chi connectivity index (χ3n) is 2.16. The third-order valence-corrected chi connectivity index (χ3v) is 5.17. The average molecular weight is 415 g/mol. The van der Waals surface area contributed by atoms with Crippen molar-refractivity contribution >= 4 is 47.9 Å². The van der Waals surface area contributed by atoms with E-state index in [0.29, 0.717) is 4.47 Å². The molecule has 0 aromatic heterocycles. The summed E-state index contributed by atoms with van der Waals surface area (Å²) in [5.74, 6) is -0.612. The number of hydrogen-bond donors (Lipinski definition) is 1. The minimum Gasteiger partial charge on any atom is -0.465 e. The number of benzene rings is 1. The molecule has 1 aromatic carbocycles. The van der Waals surface area contributed by atoms with Crippen LogP contribution >= 0.6 is 31.9 Å². The van der Waals surface area contributed by atoms with Crippen molar-refractivity contribution < 1.29 is 17.9 Å². The second-order valence-corrected chi connectivity index (χ2v) is 7.12. The molecule has 1 N–H and O–H groups in total. The standard InChI is InChI=1S/C11H13Br2NO4S/c1-3-18-11(15)7(2)14-19(16,17)10-5-4-8(12)6-9(10)13/h4-7,14H,3H2,1-2H3.